The monoisotopic (exact) mass is 213 g/mol. The second-order valence-electron chi connectivity index (χ2n) is 3.58. The van der Waals surface area contributed by atoms with Crippen LogP contribution in [0.4, 0.5) is 5.69 Å². The summed E-state index contributed by atoms with van der Waals surface area (Å²) in [5.41, 5.74) is 8.99. The highest BCUT2D eigenvalue weighted by atomic mass is 14.9. The van der Waals surface area contributed by atoms with Crippen LogP contribution in [0.3, 0.4) is 0 Å². The van der Waals surface area contributed by atoms with Gasteiger partial charge in [-0.2, -0.15) is 0 Å². The van der Waals surface area contributed by atoms with Gasteiger partial charge in [-0.25, -0.2) is 0 Å². The first-order valence-corrected chi connectivity index (χ1v) is 5.31. The van der Waals surface area contributed by atoms with E-state index in [0.29, 0.717) is 6.54 Å². The van der Waals surface area contributed by atoms with E-state index in [9.17, 15) is 0 Å². The van der Waals surface area contributed by atoms with Crippen LogP contribution in [-0.4, -0.2) is 4.98 Å². The molecule has 16 heavy (non-hydrogen) atoms. The lowest BCUT2D eigenvalue weighted by atomic mass is 10.2. The van der Waals surface area contributed by atoms with E-state index in [1.54, 1.807) is 12.4 Å². The lowest BCUT2D eigenvalue weighted by Gasteiger charge is -2.09. The third kappa shape index (κ3) is 2.58. The van der Waals surface area contributed by atoms with Gasteiger partial charge >= 0.3 is 0 Å². The van der Waals surface area contributed by atoms with Crippen molar-refractivity contribution in [2.75, 3.05) is 5.32 Å². The first-order valence-electron chi connectivity index (χ1n) is 5.31. The molecule has 1 aromatic heterocycles. The second-order valence-corrected chi connectivity index (χ2v) is 3.58. The van der Waals surface area contributed by atoms with Gasteiger partial charge in [-0.3, -0.25) is 4.98 Å². The molecule has 3 nitrogen and oxygen atoms in total. The molecule has 0 saturated heterocycles. The maximum absolute atomic E-state index is 5.64. The molecule has 2 rings (SSSR count). The number of pyridine rings is 1. The van der Waals surface area contributed by atoms with Crippen LogP contribution in [0.25, 0.3) is 0 Å². The van der Waals surface area contributed by atoms with Crippen LogP contribution < -0.4 is 11.1 Å². The zero-order chi connectivity index (χ0) is 11.2. The van der Waals surface area contributed by atoms with Crippen LogP contribution >= 0.6 is 0 Å². The van der Waals surface area contributed by atoms with Crippen molar-refractivity contribution < 1.29 is 0 Å². The molecule has 0 fully saturated rings. The summed E-state index contributed by atoms with van der Waals surface area (Å²) in [6, 6.07) is 12.2. The zero-order valence-electron chi connectivity index (χ0n) is 9.06. The Balaban J connectivity index is 2.05. The number of nitrogens with one attached hydrogen (secondary N) is 1. The van der Waals surface area contributed by atoms with Crippen molar-refractivity contribution in [3.8, 4) is 0 Å². The Morgan fingerprint density at radius 1 is 1.12 bits per heavy atom. The summed E-state index contributed by atoms with van der Waals surface area (Å²) in [6.45, 7) is 1.31. The fraction of sp³-hybridized carbons (Fsp3) is 0.154. The van der Waals surface area contributed by atoms with Crippen molar-refractivity contribution in [3.05, 3.63) is 59.9 Å². The molecular formula is C13H15N3. The van der Waals surface area contributed by atoms with E-state index in [-0.39, 0.29) is 0 Å². The predicted octanol–water partition coefficient (Wildman–Crippen LogP) is 2.15. The molecule has 1 heterocycles. The minimum atomic E-state index is 0.505. The largest absolute Gasteiger partial charge is 0.381 e. The maximum atomic E-state index is 5.64. The molecule has 3 heteroatoms. The van der Waals surface area contributed by atoms with Gasteiger partial charge in [-0.1, -0.05) is 30.3 Å². The Labute approximate surface area is 95.3 Å². The van der Waals surface area contributed by atoms with Crippen molar-refractivity contribution in [2.24, 2.45) is 5.73 Å². The lowest BCUT2D eigenvalue weighted by Crippen LogP contribution is -2.05. The molecule has 0 aliphatic carbocycles. The molecule has 0 saturated carbocycles. The van der Waals surface area contributed by atoms with E-state index in [2.05, 4.69) is 22.4 Å². The Bertz CT molecular complexity index is 440. The highest BCUT2D eigenvalue weighted by molar-refractivity contribution is 5.49. The van der Waals surface area contributed by atoms with Crippen molar-refractivity contribution in [1.82, 2.24) is 4.98 Å². The van der Waals surface area contributed by atoms with E-state index < -0.39 is 0 Å². The third-order valence-electron chi connectivity index (χ3n) is 2.45. The van der Waals surface area contributed by atoms with Crippen LogP contribution in [-0.2, 0) is 13.1 Å². The maximum Gasteiger partial charge on any atom is 0.0419 e. The number of nitrogens with zero attached hydrogens (tertiary/aromatic N) is 1. The van der Waals surface area contributed by atoms with Gasteiger partial charge in [0.05, 0.1) is 0 Å². The summed E-state index contributed by atoms with van der Waals surface area (Å²) in [4.78, 5) is 4.05. The van der Waals surface area contributed by atoms with Gasteiger partial charge in [-0.15, -0.1) is 0 Å². The van der Waals surface area contributed by atoms with E-state index in [1.807, 2.05) is 24.3 Å². The summed E-state index contributed by atoms with van der Waals surface area (Å²) in [5.74, 6) is 0. The molecule has 0 aliphatic heterocycles. The van der Waals surface area contributed by atoms with Gasteiger partial charge in [-0.05, 0) is 11.6 Å². The molecule has 0 aliphatic rings. The van der Waals surface area contributed by atoms with Crippen LogP contribution in [0.5, 0.6) is 0 Å². The quantitative estimate of drug-likeness (QED) is 0.818. The number of hydrogen-bond acceptors (Lipinski definition) is 3. The number of anilines is 1. The van der Waals surface area contributed by atoms with Crippen LogP contribution in [0.15, 0.2) is 48.8 Å². The first kappa shape index (κ1) is 10.6. The molecule has 0 spiro atoms. The van der Waals surface area contributed by atoms with E-state index in [1.165, 1.54) is 5.56 Å². The average Bonchev–Trinajstić information content (AvgIpc) is 2.38. The predicted molar refractivity (Wildman–Crippen MR) is 65.9 cm³/mol. The second kappa shape index (κ2) is 5.28. The SMILES string of the molecule is NCc1cnccc1NCc1ccccc1. The van der Waals surface area contributed by atoms with E-state index >= 15 is 0 Å². The fourth-order valence-corrected chi connectivity index (χ4v) is 1.56. The zero-order valence-corrected chi connectivity index (χ0v) is 9.06. The van der Waals surface area contributed by atoms with Crippen LogP contribution in [0, 0.1) is 0 Å². The van der Waals surface area contributed by atoms with Crippen molar-refractivity contribution in [1.29, 1.82) is 0 Å². The fourth-order valence-electron chi connectivity index (χ4n) is 1.56. The molecule has 0 unspecified atom stereocenters. The van der Waals surface area contributed by atoms with Gasteiger partial charge in [0, 0.05) is 36.7 Å². The molecule has 2 aromatic rings. The molecule has 82 valence electrons. The Morgan fingerprint density at radius 2 is 1.94 bits per heavy atom. The first-order chi connectivity index (χ1) is 7.90. The minimum Gasteiger partial charge on any atom is -0.381 e. The molecule has 0 radical (unpaired) electrons. The highest BCUT2D eigenvalue weighted by Crippen LogP contribution is 2.13. The summed E-state index contributed by atoms with van der Waals surface area (Å²) in [6.07, 6.45) is 3.57. The number of hydrogen-bond donors (Lipinski definition) is 2. The molecule has 3 N–H and O–H groups in total. The van der Waals surface area contributed by atoms with E-state index in [0.717, 1.165) is 17.8 Å². The van der Waals surface area contributed by atoms with Gasteiger partial charge in [0.2, 0.25) is 0 Å². The topological polar surface area (TPSA) is 50.9 Å². The minimum absolute atomic E-state index is 0.505. The molecule has 0 atom stereocenters. The van der Waals surface area contributed by atoms with Crippen LogP contribution in [0.1, 0.15) is 11.1 Å². The summed E-state index contributed by atoms with van der Waals surface area (Å²) < 4.78 is 0. The van der Waals surface area contributed by atoms with Gasteiger partial charge in [0.25, 0.3) is 0 Å². The standard InChI is InChI=1S/C13H15N3/c14-8-12-10-15-7-6-13(12)16-9-11-4-2-1-3-5-11/h1-7,10H,8-9,14H2,(H,15,16). The highest BCUT2D eigenvalue weighted by Gasteiger charge is 1.99. The van der Waals surface area contributed by atoms with Crippen LogP contribution in [0.2, 0.25) is 0 Å². The smallest absolute Gasteiger partial charge is 0.0419 e. The Morgan fingerprint density at radius 3 is 2.69 bits per heavy atom. The molecule has 1 aromatic carbocycles. The van der Waals surface area contributed by atoms with Gasteiger partial charge in [0.15, 0.2) is 0 Å². The Kier molecular flexibility index (Phi) is 3.51. The molecular weight excluding hydrogens is 198 g/mol. The summed E-state index contributed by atoms with van der Waals surface area (Å²) in [7, 11) is 0. The third-order valence-corrected chi connectivity index (χ3v) is 2.45. The van der Waals surface area contributed by atoms with E-state index in [4.69, 9.17) is 5.73 Å². The van der Waals surface area contributed by atoms with Gasteiger partial charge < -0.3 is 11.1 Å². The average molecular weight is 213 g/mol. The van der Waals surface area contributed by atoms with Crippen molar-refractivity contribution >= 4 is 5.69 Å². The number of aromatic nitrogens is 1. The molecule has 0 amide bonds. The summed E-state index contributed by atoms with van der Waals surface area (Å²) in [5, 5.41) is 3.36. The number of rotatable bonds is 4. The van der Waals surface area contributed by atoms with Crippen molar-refractivity contribution in [2.45, 2.75) is 13.1 Å². The normalized spacial score (nSPS) is 10.1. The summed E-state index contributed by atoms with van der Waals surface area (Å²) >= 11 is 0. The van der Waals surface area contributed by atoms with Gasteiger partial charge in [0.1, 0.15) is 0 Å². The molecule has 0 bridgehead atoms. The number of nitrogens with two attached hydrogens (primary N) is 1. The Hall–Kier alpha value is -1.87. The number of benzene rings is 1. The van der Waals surface area contributed by atoms with Crippen molar-refractivity contribution in [3.63, 3.8) is 0 Å². The lowest BCUT2D eigenvalue weighted by molar-refractivity contribution is 1.03.